The van der Waals surface area contributed by atoms with Gasteiger partial charge in [-0.3, -0.25) is 0 Å². The summed E-state index contributed by atoms with van der Waals surface area (Å²) >= 11 is 0. The molecule has 0 saturated carbocycles. The average Bonchev–Trinajstić information content (AvgIpc) is 2.76. The van der Waals surface area contributed by atoms with Gasteiger partial charge in [0.2, 0.25) is 5.89 Å². The molecule has 2 aromatic rings. The van der Waals surface area contributed by atoms with Crippen molar-refractivity contribution in [1.29, 1.82) is 0 Å². The summed E-state index contributed by atoms with van der Waals surface area (Å²) in [7, 11) is 1.67. The number of nitrogens with zero attached hydrogens (tertiary/aromatic N) is 2. The van der Waals surface area contributed by atoms with Gasteiger partial charge in [0.25, 0.3) is 0 Å². The van der Waals surface area contributed by atoms with Crippen LogP contribution in [0.25, 0.3) is 0 Å². The molecule has 0 fully saturated rings. The smallest absolute Gasteiger partial charge is 0.223 e. The van der Waals surface area contributed by atoms with E-state index in [9.17, 15) is 0 Å². The molecule has 0 saturated heterocycles. The third kappa shape index (κ3) is 2.69. The molecule has 0 amide bonds. The van der Waals surface area contributed by atoms with Gasteiger partial charge in [-0.1, -0.05) is 29.4 Å². The molecule has 17 heavy (non-hydrogen) atoms. The van der Waals surface area contributed by atoms with Gasteiger partial charge >= 0.3 is 0 Å². The second-order valence-corrected chi connectivity index (χ2v) is 3.82. The zero-order chi connectivity index (χ0) is 12.3. The van der Waals surface area contributed by atoms with Crippen molar-refractivity contribution in [1.82, 2.24) is 10.1 Å². The molecule has 0 bridgehead atoms. The van der Waals surface area contributed by atoms with E-state index < -0.39 is 0 Å². The Hall–Kier alpha value is -1.72. The maximum absolute atomic E-state index is 6.04. The van der Waals surface area contributed by atoms with Crippen LogP contribution in [0.2, 0.25) is 0 Å². The van der Waals surface area contributed by atoms with Crippen LogP contribution in [0.5, 0.6) is 0 Å². The fourth-order valence-corrected chi connectivity index (χ4v) is 1.58. The first-order chi connectivity index (χ1) is 8.20. The zero-order valence-corrected chi connectivity index (χ0v) is 9.88. The third-order valence-corrected chi connectivity index (χ3v) is 2.47. The van der Waals surface area contributed by atoms with Gasteiger partial charge in [-0.2, -0.15) is 4.98 Å². The van der Waals surface area contributed by atoms with Crippen LogP contribution in [-0.2, 0) is 11.3 Å². The van der Waals surface area contributed by atoms with Gasteiger partial charge in [-0.05, 0) is 11.1 Å². The summed E-state index contributed by atoms with van der Waals surface area (Å²) in [5.41, 5.74) is 8.09. The third-order valence-electron chi connectivity index (χ3n) is 2.47. The van der Waals surface area contributed by atoms with E-state index in [0.29, 0.717) is 18.3 Å². The second-order valence-electron chi connectivity index (χ2n) is 3.82. The summed E-state index contributed by atoms with van der Waals surface area (Å²) in [5.74, 6) is 1.02. The number of hydrogen-bond donors (Lipinski definition) is 1. The fourth-order valence-electron chi connectivity index (χ4n) is 1.58. The van der Waals surface area contributed by atoms with Crippen molar-refractivity contribution in [3.63, 3.8) is 0 Å². The lowest BCUT2D eigenvalue weighted by atomic mass is 10.1. The van der Waals surface area contributed by atoms with Crippen molar-refractivity contribution in [2.45, 2.75) is 19.6 Å². The van der Waals surface area contributed by atoms with Crippen molar-refractivity contribution in [3.8, 4) is 0 Å². The molecule has 90 valence electrons. The Labute approximate surface area is 99.6 Å². The average molecular weight is 233 g/mol. The van der Waals surface area contributed by atoms with E-state index in [1.807, 2.05) is 24.3 Å². The number of methoxy groups -OCH3 is 1. The maximum Gasteiger partial charge on any atom is 0.223 e. The first-order valence-corrected chi connectivity index (χ1v) is 5.34. The van der Waals surface area contributed by atoms with Crippen LogP contribution in [0.4, 0.5) is 0 Å². The zero-order valence-electron chi connectivity index (χ0n) is 9.88. The Morgan fingerprint density at radius 1 is 1.35 bits per heavy atom. The Bertz CT molecular complexity index is 479. The molecule has 0 aliphatic rings. The molecule has 0 spiro atoms. The summed E-state index contributed by atoms with van der Waals surface area (Å²) < 4.78 is 9.95. The number of rotatable bonds is 4. The SMILES string of the molecule is COCc1ccc(C(N)c2noc(C)n2)cc1. The van der Waals surface area contributed by atoms with Gasteiger partial charge in [0.15, 0.2) is 5.82 Å². The predicted octanol–water partition coefficient (Wildman–Crippen LogP) is 1.57. The lowest BCUT2D eigenvalue weighted by Gasteiger charge is -2.08. The van der Waals surface area contributed by atoms with Crippen LogP contribution in [0.15, 0.2) is 28.8 Å². The number of aryl methyl sites for hydroxylation is 1. The molecular formula is C12H15N3O2. The predicted molar refractivity (Wildman–Crippen MR) is 62.2 cm³/mol. The monoisotopic (exact) mass is 233 g/mol. The number of ether oxygens (including phenoxy) is 1. The quantitative estimate of drug-likeness (QED) is 0.867. The van der Waals surface area contributed by atoms with Gasteiger partial charge in [-0.15, -0.1) is 0 Å². The maximum atomic E-state index is 6.04. The summed E-state index contributed by atoms with van der Waals surface area (Å²) in [6.45, 7) is 2.34. The Morgan fingerprint density at radius 2 is 2.06 bits per heavy atom. The van der Waals surface area contributed by atoms with Crippen molar-refractivity contribution in [2.24, 2.45) is 5.73 Å². The van der Waals surface area contributed by atoms with Crippen LogP contribution < -0.4 is 5.73 Å². The van der Waals surface area contributed by atoms with E-state index in [1.54, 1.807) is 14.0 Å². The topological polar surface area (TPSA) is 74.2 Å². The molecule has 1 unspecified atom stereocenters. The number of nitrogens with two attached hydrogens (primary N) is 1. The van der Waals surface area contributed by atoms with Crippen molar-refractivity contribution in [2.75, 3.05) is 7.11 Å². The molecule has 2 N–H and O–H groups in total. The van der Waals surface area contributed by atoms with Gasteiger partial charge < -0.3 is 15.0 Å². The fraction of sp³-hybridized carbons (Fsp3) is 0.333. The number of benzene rings is 1. The highest BCUT2D eigenvalue weighted by Gasteiger charge is 2.14. The van der Waals surface area contributed by atoms with E-state index in [2.05, 4.69) is 10.1 Å². The normalized spacial score (nSPS) is 12.6. The highest BCUT2D eigenvalue weighted by molar-refractivity contribution is 5.27. The highest BCUT2D eigenvalue weighted by Crippen LogP contribution is 2.17. The minimum absolute atomic E-state index is 0.357. The number of aromatic nitrogens is 2. The number of hydrogen-bond acceptors (Lipinski definition) is 5. The molecular weight excluding hydrogens is 218 g/mol. The van der Waals surface area contributed by atoms with E-state index >= 15 is 0 Å². The van der Waals surface area contributed by atoms with E-state index in [4.69, 9.17) is 15.0 Å². The van der Waals surface area contributed by atoms with E-state index in [0.717, 1.165) is 11.1 Å². The first kappa shape index (κ1) is 11.8. The summed E-state index contributed by atoms with van der Waals surface area (Å²) in [6, 6.07) is 7.50. The second kappa shape index (κ2) is 5.07. The summed E-state index contributed by atoms with van der Waals surface area (Å²) in [5, 5.41) is 3.82. The van der Waals surface area contributed by atoms with Gasteiger partial charge in [0.1, 0.15) is 0 Å². The van der Waals surface area contributed by atoms with Gasteiger partial charge in [0.05, 0.1) is 12.6 Å². The molecule has 0 aliphatic heterocycles. The molecule has 0 radical (unpaired) electrons. The van der Waals surface area contributed by atoms with Gasteiger partial charge in [0, 0.05) is 14.0 Å². The van der Waals surface area contributed by atoms with Crippen LogP contribution >= 0.6 is 0 Å². The van der Waals surface area contributed by atoms with Crippen LogP contribution in [0.1, 0.15) is 28.9 Å². The van der Waals surface area contributed by atoms with Crippen LogP contribution in [0, 0.1) is 6.92 Å². The largest absolute Gasteiger partial charge is 0.380 e. The van der Waals surface area contributed by atoms with Crippen molar-refractivity contribution < 1.29 is 9.26 Å². The lowest BCUT2D eigenvalue weighted by Crippen LogP contribution is -2.13. The van der Waals surface area contributed by atoms with Crippen molar-refractivity contribution in [3.05, 3.63) is 47.1 Å². The lowest BCUT2D eigenvalue weighted by molar-refractivity contribution is 0.185. The van der Waals surface area contributed by atoms with Crippen LogP contribution in [0.3, 0.4) is 0 Å². The Kier molecular flexibility index (Phi) is 3.51. The summed E-state index contributed by atoms with van der Waals surface area (Å²) in [6.07, 6.45) is 0. The van der Waals surface area contributed by atoms with E-state index in [-0.39, 0.29) is 6.04 Å². The molecule has 5 nitrogen and oxygen atoms in total. The minimum Gasteiger partial charge on any atom is -0.380 e. The standard InChI is InChI=1S/C12H15N3O2/c1-8-14-12(15-17-8)11(13)10-5-3-9(4-6-10)7-16-2/h3-6,11H,7,13H2,1-2H3. The first-order valence-electron chi connectivity index (χ1n) is 5.34. The van der Waals surface area contributed by atoms with E-state index in [1.165, 1.54) is 0 Å². The molecule has 1 atom stereocenters. The van der Waals surface area contributed by atoms with Gasteiger partial charge in [-0.25, -0.2) is 0 Å². The molecule has 5 heteroatoms. The highest BCUT2D eigenvalue weighted by atomic mass is 16.5. The molecule has 1 heterocycles. The minimum atomic E-state index is -0.357. The Morgan fingerprint density at radius 3 is 2.59 bits per heavy atom. The molecule has 1 aromatic carbocycles. The molecule has 0 aliphatic carbocycles. The Balaban J connectivity index is 2.16. The summed E-state index contributed by atoms with van der Waals surface area (Å²) in [4.78, 5) is 4.12. The molecule has 1 aromatic heterocycles. The van der Waals surface area contributed by atoms with Crippen molar-refractivity contribution >= 4 is 0 Å². The molecule has 2 rings (SSSR count). The van der Waals surface area contributed by atoms with Crippen LogP contribution in [-0.4, -0.2) is 17.3 Å².